The summed E-state index contributed by atoms with van der Waals surface area (Å²) in [7, 11) is 0. The van der Waals surface area contributed by atoms with E-state index in [4.69, 9.17) is 10.4 Å². The fourth-order valence-electron chi connectivity index (χ4n) is 3.94. The Balaban J connectivity index is 1.44. The molecule has 0 fully saturated rings. The lowest BCUT2D eigenvalue weighted by atomic mass is 10.1. The van der Waals surface area contributed by atoms with E-state index in [2.05, 4.69) is 33.9 Å². The monoisotopic (exact) mass is 542 g/mol. The number of nitriles is 1. The highest BCUT2D eigenvalue weighted by molar-refractivity contribution is 5.96. The molecule has 0 aliphatic carbocycles. The molecule has 0 aliphatic heterocycles. The molecule has 0 aliphatic rings. The van der Waals surface area contributed by atoms with Gasteiger partial charge in [-0.15, -0.1) is 0 Å². The second kappa shape index (κ2) is 13.1. The highest BCUT2D eigenvalue weighted by atomic mass is 16.4. The van der Waals surface area contributed by atoms with Crippen molar-refractivity contribution in [1.82, 2.24) is 9.97 Å². The van der Waals surface area contributed by atoms with Crippen molar-refractivity contribution in [2.75, 3.05) is 4.90 Å². The van der Waals surface area contributed by atoms with Crippen molar-refractivity contribution in [3.63, 3.8) is 0 Å². The van der Waals surface area contributed by atoms with E-state index in [1.165, 1.54) is 6.08 Å². The Morgan fingerprint density at radius 1 is 0.690 bits per heavy atom. The fourth-order valence-corrected chi connectivity index (χ4v) is 3.94. The first kappa shape index (κ1) is 27.2. The van der Waals surface area contributed by atoms with Crippen molar-refractivity contribution in [1.29, 1.82) is 5.26 Å². The summed E-state index contributed by atoms with van der Waals surface area (Å²) >= 11 is 0. The number of carboxylic acids is 1. The van der Waals surface area contributed by atoms with Gasteiger partial charge in [0.2, 0.25) is 0 Å². The zero-order valence-corrected chi connectivity index (χ0v) is 22.3. The number of nitrogens with zero attached hydrogens (tertiary/aromatic N) is 4. The number of hydrogen-bond donors (Lipinski definition) is 1. The zero-order chi connectivity index (χ0) is 29.1. The molecule has 0 radical (unpaired) electrons. The van der Waals surface area contributed by atoms with Crippen molar-refractivity contribution in [2.45, 2.75) is 0 Å². The average molecular weight is 543 g/mol. The van der Waals surface area contributed by atoms with Crippen molar-refractivity contribution < 1.29 is 9.90 Å². The molecule has 42 heavy (non-hydrogen) atoms. The molecule has 0 atom stereocenters. The van der Waals surface area contributed by atoms with E-state index in [0.29, 0.717) is 11.3 Å². The van der Waals surface area contributed by atoms with Gasteiger partial charge in [0.15, 0.2) is 0 Å². The van der Waals surface area contributed by atoms with E-state index in [1.807, 2.05) is 84.9 Å². The SMILES string of the molecule is N#C/C(=C\c1ccc(N(C#Cc2ccc(-c3ccccn3)cc2)C#Cc2ccc(-c3ccccn3)cc2)cc1)C(=O)O. The minimum absolute atomic E-state index is 0.345. The second-order valence-corrected chi connectivity index (χ2v) is 8.96. The summed E-state index contributed by atoms with van der Waals surface area (Å²) in [6, 6.07) is 42.1. The first-order valence-electron chi connectivity index (χ1n) is 12.9. The molecule has 0 bridgehead atoms. The third kappa shape index (κ3) is 6.96. The van der Waals surface area contributed by atoms with Crippen LogP contribution in [0.25, 0.3) is 28.6 Å². The number of aliphatic carboxylic acids is 1. The van der Waals surface area contributed by atoms with E-state index >= 15 is 0 Å². The Morgan fingerprint density at radius 2 is 1.19 bits per heavy atom. The molecule has 1 N–H and O–H groups in total. The number of carbonyl (C=O) groups is 1. The summed E-state index contributed by atoms with van der Waals surface area (Å²) in [4.78, 5) is 21.6. The van der Waals surface area contributed by atoms with Crippen LogP contribution in [0.3, 0.4) is 0 Å². The molecule has 6 heteroatoms. The zero-order valence-electron chi connectivity index (χ0n) is 22.3. The van der Waals surface area contributed by atoms with E-state index in [1.54, 1.807) is 47.6 Å². The Bertz CT molecular complexity index is 1780. The summed E-state index contributed by atoms with van der Waals surface area (Å²) in [5, 5.41) is 18.2. The minimum atomic E-state index is -1.27. The second-order valence-electron chi connectivity index (χ2n) is 8.96. The smallest absolute Gasteiger partial charge is 0.346 e. The van der Waals surface area contributed by atoms with Crippen LogP contribution in [-0.4, -0.2) is 21.0 Å². The molecule has 5 aromatic rings. The normalized spacial score (nSPS) is 10.3. The highest BCUT2D eigenvalue weighted by Gasteiger charge is 2.07. The average Bonchev–Trinajstić information content (AvgIpc) is 3.05. The van der Waals surface area contributed by atoms with Gasteiger partial charge in [-0.05, 0) is 84.1 Å². The van der Waals surface area contributed by atoms with Crippen molar-refractivity contribution >= 4 is 17.7 Å². The van der Waals surface area contributed by atoms with Gasteiger partial charge in [0, 0.05) is 46.7 Å². The Labute approximate surface area is 243 Å². The molecule has 2 aromatic heterocycles. The van der Waals surface area contributed by atoms with Crippen LogP contribution in [-0.2, 0) is 4.79 Å². The van der Waals surface area contributed by atoms with Crippen LogP contribution < -0.4 is 4.90 Å². The van der Waals surface area contributed by atoms with Crippen LogP contribution >= 0.6 is 0 Å². The van der Waals surface area contributed by atoms with Gasteiger partial charge in [-0.3, -0.25) is 9.97 Å². The summed E-state index contributed by atoms with van der Waals surface area (Å²) < 4.78 is 0. The van der Waals surface area contributed by atoms with Crippen LogP contribution in [0.2, 0.25) is 0 Å². The molecule has 0 saturated carbocycles. The Morgan fingerprint density at radius 3 is 1.60 bits per heavy atom. The number of hydrogen-bond acceptors (Lipinski definition) is 5. The summed E-state index contributed by atoms with van der Waals surface area (Å²) in [5.41, 5.74) is 6.29. The summed E-state index contributed by atoms with van der Waals surface area (Å²) in [6.07, 6.45) is 4.84. The highest BCUT2D eigenvalue weighted by Crippen LogP contribution is 2.19. The van der Waals surface area contributed by atoms with E-state index in [-0.39, 0.29) is 5.57 Å². The van der Waals surface area contributed by atoms with Crippen LogP contribution in [0.1, 0.15) is 16.7 Å². The number of anilines is 1. The molecule has 3 aromatic carbocycles. The van der Waals surface area contributed by atoms with Crippen LogP contribution in [0.4, 0.5) is 5.69 Å². The lowest BCUT2D eigenvalue weighted by molar-refractivity contribution is -0.132. The third-order valence-electron chi connectivity index (χ3n) is 6.13. The van der Waals surface area contributed by atoms with E-state index < -0.39 is 5.97 Å². The van der Waals surface area contributed by atoms with Crippen molar-refractivity contribution in [3.8, 4) is 52.5 Å². The van der Waals surface area contributed by atoms with Gasteiger partial charge in [0.25, 0.3) is 0 Å². The largest absolute Gasteiger partial charge is 0.477 e. The molecule has 5 rings (SSSR count). The molecule has 0 saturated heterocycles. The van der Waals surface area contributed by atoms with Gasteiger partial charge < -0.3 is 5.11 Å². The van der Waals surface area contributed by atoms with Crippen molar-refractivity contribution in [3.05, 3.63) is 144 Å². The lowest BCUT2D eigenvalue weighted by Crippen LogP contribution is -2.08. The van der Waals surface area contributed by atoms with Gasteiger partial charge in [0.1, 0.15) is 11.6 Å². The molecule has 0 unspecified atom stereocenters. The standard InChI is InChI=1S/C36H22N4O2/c37-26-32(36(41)42)25-29-11-17-33(18-12-29)40(23-19-27-7-13-30(14-8-27)34-5-1-3-21-38-34)24-20-28-9-15-31(16-10-28)35-6-2-4-22-39-35/h1-18,21-22,25H,(H,41,42)/b32-25+. The van der Waals surface area contributed by atoms with E-state index in [0.717, 1.165) is 33.6 Å². The third-order valence-corrected chi connectivity index (χ3v) is 6.13. The predicted molar refractivity (Wildman–Crippen MR) is 163 cm³/mol. The first-order chi connectivity index (χ1) is 20.6. The predicted octanol–water partition coefficient (Wildman–Crippen LogP) is 6.63. The van der Waals surface area contributed by atoms with Gasteiger partial charge in [-0.25, -0.2) is 9.69 Å². The summed E-state index contributed by atoms with van der Waals surface area (Å²) in [6.45, 7) is 0. The molecular formula is C36H22N4O2. The van der Waals surface area contributed by atoms with Crippen LogP contribution in [0.15, 0.2) is 127 Å². The van der Waals surface area contributed by atoms with Crippen molar-refractivity contribution in [2.24, 2.45) is 0 Å². The number of aromatic nitrogens is 2. The fraction of sp³-hybridized carbons (Fsp3) is 0. The van der Waals surface area contributed by atoms with Gasteiger partial charge in [0.05, 0.1) is 17.1 Å². The van der Waals surface area contributed by atoms with Crippen LogP contribution in [0.5, 0.6) is 0 Å². The maximum atomic E-state index is 11.2. The molecule has 198 valence electrons. The number of carboxylic acid groups (broad SMARTS) is 1. The Kier molecular flexibility index (Phi) is 8.46. The minimum Gasteiger partial charge on any atom is -0.477 e. The number of pyridine rings is 2. The van der Waals surface area contributed by atoms with E-state index in [9.17, 15) is 4.79 Å². The first-order valence-corrected chi connectivity index (χ1v) is 12.9. The molecule has 0 amide bonds. The van der Waals surface area contributed by atoms with Crippen LogP contribution in [0, 0.1) is 35.3 Å². The maximum Gasteiger partial charge on any atom is 0.346 e. The Hall–Kier alpha value is -6.42. The topological polar surface area (TPSA) is 90.1 Å². The molecule has 2 heterocycles. The van der Waals surface area contributed by atoms with Gasteiger partial charge >= 0.3 is 5.97 Å². The van der Waals surface area contributed by atoms with Gasteiger partial charge in [-0.2, -0.15) is 5.26 Å². The maximum absolute atomic E-state index is 11.2. The molecular weight excluding hydrogens is 520 g/mol. The quantitative estimate of drug-likeness (QED) is 0.116. The molecule has 0 spiro atoms. The summed E-state index contributed by atoms with van der Waals surface area (Å²) in [5.74, 6) is 5.07. The number of rotatable bonds is 5. The van der Waals surface area contributed by atoms with Gasteiger partial charge in [-0.1, -0.05) is 48.5 Å². The molecule has 6 nitrogen and oxygen atoms in total. The number of benzene rings is 3. The lowest BCUT2D eigenvalue weighted by Gasteiger charge is -2.10.